The summed E-state index contributed by atoms with van der Waals surface area (Å²) < 4.78 is 1.81. The molecule has 0 atom stereocenters. The van der Waals surface area contributed by atoms with E-state index in [0.717, 1.165) is 31.4 Å². The van der Waals surface area contributed by atoms with Gasteiger partial charge >= 0.3 is 0 Å². The van der Waals surface area contributed by atoms with Crippen LogP contribution in [0, 0.1) is 0 Å². The third-order valence-corrected chi connectivity index (χ3v) is 5.24. The zero-order valence-electron chi connectivity index (χ0n) is 16.1. The fourth-order valence-electron chi connectivity index (χ4n) is 3.48. The summed E-state index contributed by atoms with van der Waals surface area (Å²) in [5, 5.41) is 16.0. The molecule has 2 heterocycles. The largest absolute Gasteiger partial charge is 0.351 e. The van der Waals surface area contributed by atoms with E-state index >= 15 is 0 Å². The number of rotatable bonds is 5. The van der Waals surface area contributed by atoms with Crippen molar-refractivity contribution < 1.29 is 0 Å². The maximum atomic E-state index is 6.12. The predicted octanol–water partition coefficient (Wildman–Crippen LogP) is 3.88. The molecule has 3 aromatic rings. The lowest BCUT2D eigenvalue weighted by atomic mass is 9.92. The molecular weight excluding hydrogens is 376 g/mol. The lowest BCUT2D eigenvalue weighted by molar-refractivity contribution is 0.410. The molecular formula is C19H25ClN8. The first-order valence-corrected chi connectivity index (χ1v) is 10.0. The number of nitrogens with zero attached hydrogens (tertiary/aromatic N) is 5. The van der Waals surface area contributed by atoms with Gasteiger partial charge in [-0.3, -0.25) is 0 Å². The van der Waals surface area contributed by atoms with Crippen LogP contribution in [0.25, 0.3) is 11.2 Å². The molecule has 0 aliphatic heterocycles. The van der Waals surface area contributed by atoms with Crippen LogP contribution in [0.4, 0.5) is 17.5 Å². The predicted molar refractivity (Wildman–Crippen MR) is 112 cm³/mol. The minimum Gasteiger partial charge on any atom is -0.351 e. The Hall–Kier alpha value is -2.45. The molecule has 4 rings (SSSR count). The minimum atomic E-state index is 0.138. The van der Waals surface area contributed by atoms with Crippen LogP contribution in [-0.2, 0) is 0 Å². The van der Waals surface area contributed by atoms with Crippen molar-refractivity contribution in [1.29, 1.82) is 0 Å². The summed E-state index contributed by atoms with van der Waals surface area (Å²) in [6, 6.07) is 8.25. The summed E-state index contributed by atoms with van der Waals surface area (Å²) in [6.45, 7) is 4.10. The second-order valence-corrected chi connectivity index (χ2v) is 8.02. The van der Waals surface area contributed by atoms with Crippen LogP contribution in [0.3, 0.4) is 0 Å². The van der Waals surface area contributed by atoms with Gasteiger partial charge in [0, 0.05) is 22.8 Å². The van der Waals surface area contributed by atoms with Gasteiger partial charge in [0.25, 0.3) is 0 Å². The maximum Gasteiger partial charge on any atom is 0.227 e. The molecule has 148 valence electrons. The summed E-state index contributed by atoms with van der Waals surface area (Å²) >= 11 is 6.12. The summed E-state index contributed by atoms with van der Waals surface area (Å²) in [5.74, 6) is 1.18. The molecule has 1 aliphatic rings. The highest BCUT2D eigenvalue weighted by Gasteiger charge is 2.21. The smallest absolute Gasteiger partial charge is 0.227 e. The third kappa shape index (κ3) is 4.02. The van der Waals surface area contributed by atoms with Gasteiger partial charge in [-0.2, -0.15) is 9.97 Å². The van der Waals surface area contributed by atoms with E-state index in [9.17, 15) is 0 Å². The summed E-state index contributed by atoms with van der Waals surface area (Å²) in [5.41, 5.74) is 8.19. The Morgan fingerprint density at radius 2 is 1.96 bits per heavy atom. The zero-order valence-corrected chi connectivity index (χ0v) is 16.8. The standard InChI is InChI=1S/C19H25ClN8/c1-11(2)28-18-16(26-27-28)17(22-15-5-3-4-12(20)10-15)24-19(25-18)23-14-8-6-13(21)7-9-14/h3-5,10-11,13-14H,6-9,21H2,1-2H3,(H2,22,23,24,25). The topological polar surface area (TPSA) is 107 Å². The molecule has 0 spiro atoms. The number of nitrogens with two attached hydrogens (primary N) is 1. The molecule has 8 nitrogen and oxygen atoms in total. The van der Waals surface area contributed by atoms with E-state index in [1.54, 1.807) is 0 Å². The Labute approximate surface area is 168 Å². The number of benzene rings is 1. The van der Waals surface area contributed by atoms with Crippen LogP contribution >= 0.6 is 11.6 Å². The van der Waals surface area contributed by atoms with Gasteiger partial charge in [-0.15, -0.1) is 5.10 Å². The van der Waals surface area contributed by atoms with Crippen LogP contribution < -0.4 is 16.4 Å². The van der Waals surface area contributed by atoms with Crippen molar-refractivity contribution in [2.24, 2.45) is 5.73 Å². The van der Waals surface area contributed by atoms with E-state index in [2.05, 4.69) is 39.8 Å². The van der Waals surface area contributed by atoms with Crippen molar-refractivity contribution in [2.45, 2.75) is 57.7 Å². The quantitative estimate of drug-likeness (QED) is 0.596. The van der Waals surface area contributed by atoms with E-state index in [0.29, 0.717) is 40.0 Å². The highest BCUT2D eigenvalue weighted by atomic mass is 35.5. The molecule has 1 fully saturated rings. The Kier molecular flexibility index (Phi) is 5.32. The first-order valence-electron chi connectivity index (χ1n) is 9.67. The third-order valence-electron chi connectivity index (χ3n) is 5.01. The van der Waals surface area contributed by atoms with Crippen molar-refractivity contribution >= 4 is 40.2 Å². The summed E-state index contributed by atoms with van der Waals surface area (Å²) in [4.78, 5) is 9.40. The summed E-state index contributed by atoms with van der Waals surface area (Å²) in [7, 11) is 0. The molecule has 28 heavy (non-hydrogen) atoms. The van der Waals surface area contributed by atoms with E-state index in [-0.39, 0.29) is 6.04 Å². The number of hydrogen-bond acceptors (Lipinski definition) is 7. The van der Waals surface area contributed by atoms with Gasteiger partial charge in [-0.25, -0.2) is 4.68 Å². The number of aromatic nitrogens is 5. The molecule has 4 N–H and O–H groups in total. The highest BCUT2D eigenvalue weighted by molar-refractivity contribution is 6.30. The Morgan fingerprint density at radius 3 is 2.68 bits per heavy atom. The van der Waals surface area contributed by atoms with Crippen molar-refractivity contribution in [3.05, 3.63) is 29.3 Å². The fourth-order valence-corrected chi connectivity index (χ4v) is 3.67. The molecule has 0 radical (unpaired) electrons. The van der Waals surface area contributed by atoms with Gasteiger partial charge in [0.2, 0.25) is 5.95 Å². The average molecular weight is 401 g/mol. The van der Waals surface area contributed by atoms with Gasteiger partial charge in [-0.05, 0) is 57.7 Å². The Morgan fingerprint density at radius 1 is 1.18 bits per heavy atom. The Balaban J connectivity index is 1.70. The van der Waals surface area contributed by atoms with E-state index in [4.69, 9.17) is 22.3 Å². The van der Waals surface area contributed by atoms with Crippen LogP contribution in [-0.4, -0.2) is 37.0 Å². The molecule has 0 unspecified atom stereocenters. The summed E-state index contributed by atoms with van der Waals surface area (Å²) in [6.07, 6.45) is 4.06. The first kappa shape index (κ1) is 18.9. The number of halogens is 1. The molecule has 2 aromatic heterocycles. The lowest BCUT2D eigenvalue weighted by Gasteiger charge is -2.26. The lowest BCUT2D eigenvalue weighted by Crippen LogP contribution is -2.33. The highest BCUT2D eigenvalue weighted by Crippen LogP contribution is 2.27. The number of hydrogen-bond donors (Lipinski definition) is 3. The maximum absolute atomic E-state index is 6.12. The molecule has 1 aromatic carbocycles. The van der Waals surface area contributed by atoms with E-state index < -0.39 is 0 Å². The van der Waals surface area contributed by atoms with Crippen molar-refractivity contribution in [3.63, 3.8) is 0 Å². The van der Waals surface area contributed by atoms with Gasteiger partial charge in [0.05, 0.1) is 6.04 Å². The first-order chi connectivity index (χ1) is 13.5. The number of anilines is 3. The van der Waals surface area contributed by atoms with Crippen molar-refractivity contribution in [2.75, 3.05) is 10.6 Å². The molecule has 0 amide bonds. The molecule has 0 bridgehead atoms. The molecule has 9 heteroatoms. The van der Waals surface area contributed by atoms with E-state index in [1.807, 2.05) is 28.9 Å². The second kappa shape index (κ2) is 7.89. The van der Waals surface area contributed by atoms with Crippen LogP contribution in [0.5, 0.6) is 0 Å². The monoisotopic (exact) mass is 400 g/mol. The fraction of sp³-hybridized carbons (Fsp3) is 0.474. The SMILES string of the molecule is CC(C)n1nnc2c(Nc3cccc(Cl)c3)nc(NC3CCC(N)CC3)nc21. The van der Waals surface area contributed by atoms with Gasteiger partial charge in [-0.1, -0.05) is 22.9 Å². The van der Waals surface area contributed by atoms with Gasteiger partial charge in [0.1, 0.15) is 0 Å². The molecule has 1 saturated carbocycles. The van der Waals surface area contributed by atoms with Crippen LogP contribution in [0.15, 0.2) is 24.3 Å². The number of fused-ring (bicyclic) bond motifs is 1. The number of nitrogens with one attached hydrogen (secondary N) is 2. The second-order valence-electron chi connectivity index (χ2n) is 7.59. The zero-order chi connectivity index (χ0) is 19.7. The van der Waals surface area contributed by atoms with Gasteiger partial charge in [0.15, 0.2) is 17.0 Å². The normalized spacial score (nSPS) is 19.9. The van der Waals surface area contributed by atoms with Crippen molar-refractivity contribution in [3.8, 4) is 0 Å². The molecule has 0 saturated heterocycles. The Bertz CT molecular complexity index is 962. The average Bonchev–Trinajstić information content (AvgIpc) is 3.08. The van der Waals surface area contributed by atoms with Crippen LogP contribution in [0.2, 0.25) is 5.02 Å². The van der Waals surface area contributed by atoms with Gasteiger partial charge < -0.3 is 16.4 Å². The molecule has 1 aliphatic carbocycles. The van der Waals surface area contributed by atoms with Crippen molar-refractivity contribution in [1.82, 2.24) is 25.0 Å². The minimum absolute atomic E-state index is 0.138. The van der Waals surface area contributed by atoms with Crippen LogP contribution in [0.1, 0.15) is 45.6 Å². The van der Waals surface area contributed by atoms with E-state index in [1.165, 1.54) is 0 Å².